The molecule has 0 aliphatic carbocycles. The van der Waals surface area contributed by atoms with Crippen molar-refractivity contribution in [1.82, 2.24) is 5.32 Å². The van der Waals surface area contributed by atoms with E-state index in [1.54, 1.807) is 13.2 Å². The van der Waals surface area contributed by atoms with Crippen molar-refractivity contribution in [2.45, 2.75) is 13.0 Å². The van der Waals surface area contributed by atoms with Gasteiger partial charge in [-0.2, -0.15) is 0 Å². The standard InChI is InChI=1S/C16H17BrFNO/c1-10-8-12(20-3)5-7-13(10)16(19-2)14-6-4-11(18)9-15(14)17/h4-9,16,19H,1-3H3. The lowest BCUT2D eigenvalue weighted by molar-refractivity contribution is 0.414. The van der Waals surface area contributed by atoms with Gasteiger partial charge in [0, 0.05) is 4.47 Å². The van der Waals surface area contributed by atoms with Crippen molar-refractivity contribution in [3.8, 4) is 5.75 Å². The van der Waals surface area contributed by atoms with Crippen LogP contribution in [0.15, 0.2) is 40.9 Å². The SMILES string of the molecule is CNC(c1ccc(OC)cc1C)c1ccc(F)cc1Br. The molecule has 0 radical (unpaired) electrons. The van der Waals surface area contributed by atoms with Gasteiger partial charge in [-0.05, 0) is 54.9 Å². The summed E-state index contributed by atoms with van der Waals surface area (Å²) in [5.74, 6) is 0.584. The lowest BCUT2D eigenvalue weighted by Crippen LogP contribution is -2.19. The summed E-state index contributed by atoms with van der Waals surface area (Å²) in [6.07, 6.45) is 0. The highest BCUT2D eigenvalue weighted by molar-refractivity contribution is 9.10. The van der Waals surface area contributed by atoms with E-state index in [0.717, 1.165) is 26.9 Å². The van der Waals surface area contributed by atoms with Gasteiger partial charge in [-0.1, -0.05) is 28.1 Å². The summed E-state index contributed by atoms with van der Waals surface area (Å²) in [6, 6.07) is 10.7. The van der Waals surface area contributed by atoms with Crippen molar-refractivity contribution in [2.75, 3.05) is 14.2 Å². The number of hydrogen-bond acceptors (Lipinski definition) is 2. The molecule has 0 aliphatic rings. The molecule has 2 rings (SSSR count). The van der Waals surface area contributed by atoms with Gasteiger partial charge in [-0.25, -0.2) is 4.39 Å². The number of nitrogens with one attached hydrogen (secondary N) is 1. The molecule has 0 spiro atoms. The second kappa shape index (κ2) is 6.37. The number of hydrogen-bond donors (Lipinski definition) is 1. The largest absolute Gasteiger partial charge is 0.497 e. The number of ether oxygens (including phenoxy) is 1. The zero-order chi connectivity index (χ0) is 14.7. The van der Waals surface area contributed by atoms with Gasteiger partial charge in [-0.15, -0.1) is 0 Å². The van der Waals surface area contributed by atoms with E-state index in [0.29, 0.717) is 0 Å². The highest BCUT2D eigenvalue weighted by Gasteiger charge is 2.17. The normalized spacial score (nSPS) is 12.2. The van der Waals surface area contributed by atoms with Crippen LogP contribution in [0.4, 0.5) is 4.39 Å². The van der Waals surface area contributed by atoms with Crippen LogP contribution in [0.1, 0.15) is 22.7 Å². The van der Waals surface area contributed by atoms with Crippen LogP contribution in [0.25, 0.3) is 0 Å². The van der Waals surface area contributed by atoms with E-state index < -0.39 is 0 Å². The van der Waals surface area contributed by atoms with Gasteiger partial charge in [0.1, 0.15) is 11.6 Å². The van der Waals surface area contributed by atoms with E-state index in [4.69, 9.17) is 4.74 Å². The lowest BCUT2D eigenvalue weighted by Gasteiger charge is -2.21. The van der Waals surface area contributed by atoms with Crippen LogP contribution in [-0.4, -0.2) is 14.2 Å². The van der Waals surface area contributed by atoms with Crippen LogP contribution in [0, 0.1) is 12.7 Å². The molecule has 0 saturated heterocycles. The van der Waals surface area contributed by atoms with E-state index in [1.807, 2.05) is 32.2 Å². The molecule has 1 N–H and O–H groups in total. The maximum atomic E-state index is 13.2. The quantitative estimate of drug-likeness (QED) is 0.902. The maximum absolute atomic E-state index is 13.2. The van der Waals surface area contributed by atoms with Crippen LogP contribution in [0.5, 0.6) is 5.75 Å². The Labute approximate surface area is 127 Å². The monoisotopic (exact) mass is 337 g/mol. The molecule has 1 atom stereocenters. The summed E-state index contributed by atoms with van der Waals surface area (Å²) in [7, 11) is 3.55. The predicted molar refractivity (Wildman–Crippen MR) is 82.7 cm³/mol. The summed E-state index contributed by atoms with van der Waals surface area (Å²) in [5.41, 5.74) is 3.27. The van der Waals surface area contributed by atoms with E-state index >= 15 is 0 Å². The first-order valence-corrected chi connectivity index (χ1v) is 7.13. The third-order valence-corrected chi connectivity index (χ3v) is 4.04. The van der Waals surface area contributed by atoms with Crippen molar-refractivity contribution >= 4 is 15.9 Å². The highest BCUT2D eigenvalue weighted by atomic mass is 79.9. The third-order valence-electron chi connectivity index (χ3n) is 3.35. The minimum absolute atomic E-state index is 0.00381. The van der Waals surface area contributed by atoms with Gasteiger partial charge in [0.05, 0.1) is 13.2 Å². The van der Waals surface area contributed by atoms with Crippen LogP contribution in [-0.2, 0) is 0 Å². The summed E-state index contributed by atoms with van der Waals surface area (Å²) in [5, 5.41) is 3.28. The Balaban J connectivity index is 2.47. The molecule has 1 unspecified atom stereocenters. The summed E-state index contributed by atoms with van der Waals surface area (Å²) >= 11 is 3.43. The topological polar surface area (TPSA) is 21.3 Å². The Morgan fingerprint density at radius 1 is 1.15 bits per heavy atom. The first-order chi connectivity index (χ1) is 9.56. The Hall–Kier alpha value is -1.39. The van der Waals surface area contributed by atoms with Crippen molar-refractivity contribution in [1.29, 1.82) is 0 Å². The van der Waals surface area contributed by atoms with Crippen LogP contribution in [0.3, 0.4) is 0 Å². The number of rotatable bonds is 4. The first kappa shape index (κ1) is 15.0. The minimum Gasteiger partial charge on any atom is -0.497 e. The van der Waals surface area contributed by atoms with Crippen LogP contribution >= 0.6 is 15.9 Å². The van der Waals surface area contributed by atoms with Gasteiger partial charge < -0.3 is 10.1 Å². The second-order valence-electron chi connectivity index (χ2n) is 4.61. The van der Waals surface area contributed by atoms with Gasteiger partial charge in [0.25, 0.3) is 0 Å². The molecule has 0 fully saturated rings. The Morgan fingerprint density at radius 3 is 2.40 bits per heavy atom. The molecule has 0 amide bonds. The predicted octanol–water partition coefficient (Wildman–Crippen LogP) is 4.21. The molecule has 4 heteroatoms. The Bertz CT molecular complexity index is 615. The molecular formula is C16H17BrFNO. The van der Waals surface area contributed by atoms with E-state index in [1.165, 1.54) is 12.1 Å². The summed E-state index contributed by atoms with van der Waals surface area (Å²) in [6.45, 7) is 2.04. The number of methoxy groups -OCH3 is 1. The minimum atomic E-state index is -0.248. The van der Waals surface area contributed by atoms with Gasteiger partial charge in [0.15, 0.2) is 0 Å². The molecule has 2 aromatic carbocycles. The highest BCUT2D eigenvalue weighted by Crippen LogP contribution is 2.32. The first-order valence-electron chi connectivity index (χ1n) is 6.33. The average Bonchev–Trinajstić information content (AvgIpc) is 2.43. The fourth-order valence-corrected chi connectivity index (χ4v) is 2.89. The van der Waals surface area contributed by atoms with Gasteiger partial charge >= 0.3 is 0 Å². The molecule has 20 heavy (non-hydrogen) atoms. The van der Waals surface area contributed by atoms with Crippen molar-refractivity contribution in [3.63, 3.8) is 0 Å². The van der Waals surface area contributed by atoms with Gasteiger partial charge in [-0.3, -0.25) is 0 Å². The maximum Gasteiger partial charge on any atom is 0.124 e. The second-order valence-corrected chi connectivity index (χ2v) is 5.46. The molecule has 0 aromatic heterocycles. The van der Waals surface area contributed by atoms with Gasteiger partial charge in [0.2, 0.25) is 0 Å². The number of benzene rings is 2. The fourth-order valence-electron chi connectivity index (χ4n) is 2.31. The zero-order valence-electron chi connectivity index (χ0n) is 11.7. The molecule has 2 aromatic rings. The molecule has 0 bridgehead atoms. The molecular weight excluding hydrogens is 321 g/mol. The van der Waals surface area contributed by atoms with E-state index in [2.05, 4.69) is 21.2 Å². The molecule has 0 aliphatic heterocycles. The van der Waals surface area contributed by atoms with Crippen LogP contribution in [0.2, 0.25) is 0 Å². The van der Waals surface area contributed by atoms with E-state index in [9.17, 15) is 4.39 Å². The molecule has 2 nitrogen and oxygen atoms in total. The van der Waals surface area contributed by atoms with Crippen molar-refractivity contribution in [2.24, 2.45) is 0 Å². The Kier molecular flexibility index (Phi) is 4.78. The molecule has 106 valence electrons. The number of aryl methyl sites for hydroxylation is 1. The van der Waals surface area contributed by atoms with Crippen molar-refractivity contribution in [3.05, 3.63) is 63.4 Å². The van der Waals surface area contributed by atoms with Crippen LogP contribution < -0.4 is 10.1 Å². The number of halogens is 2. The zero-order valence-corrected chi connectivity index (χ0v) is 13.3. The third kappa shape index (κ3) is 3.02. The molecule has 0 heterocycles. The lowest BCUT2D eigenvalue weighted by atomic mass is 9.95. The Morgan fingerprint density at radius 2 is 1.85 bits per heavy atom. The summed E-state index contributed by atoms with van der Waals surface area (Å²) in [4.78, 5) is 0. The van der Waals surface area contributed by atoms with E-state index in [-0.39, 0.29) is 11.9 Å². The fraction of sp³-hybridized carbons (Fsp3) is 0.250. The summed E-state index contributed by atoms with van der Waals surface area (Å²) < 4.78 is 19.2. The average molecular weight is 338 g/mol. The van der Waals surface area contributed by atoms with Crippen molar-refractivity contribution < 1.29 is 9.13 Å². The molecule has 0 saturated carbocycles. The smallest absolute Gasteiger partial charge is 0.124 e.